The number of alkyl halides is 3. The lowest BCUT2D eigenvalue weighted by Gasteiger charge is -2.04. The third-order valence-electron chi connectivity index (χ3n) is 2.60. The van der Waals surface area contributed by atoms with Crippen molar-refractivity contribution in [2.45, 2.75) is 6.18 Å². The molecule has 3 nitrogen and oxygen atoms in total. The molecule has 0 aliphatic rings. The maximum atomic E-state index is 12.6. The van der Waals surface area contributed by atoms with Crippen molar-refractivity contribution in [3.8, 4) is 10.9 Å². The Bertz CT molecular complexity index is 786. The quantitative estimate of drug-likeness (QED) is 0.609. The van der Waals surface area contributed by atoms with Crippen molar-refractivity contribution in [2.75, 3.05) is 0 Å². The summed E-state index contributed by atoms with van der Waals surface area (Å²) >= 11 is 6.81. The molecule has 108 valence electrons. The Balaban J connectivity index is 1.92. The predicted octanol–water partition coefficient (Wildman–Crippen LogP) is 5.16. The molecule has 21 heavy (non-hydrogen) atoms. The van der Waals surface area contributed by atoms with Crippen molar-refractivity contribution in [3.63, 3.8) is 0 Å². The van der Waals surface area contributed by atoms with Gasteiger partial charge in [0.15, 0.2) is 0 Å². The van der Waals surface area contributed by atoms with Crippen LogP contribution in [0.1, 0.15) is 5.56 Å². The van der Waals surface area contributed by atoms with Gasteiger partial charge in [0.1, 0.15) is 10.9 Å². The standard InChI is InChI=1S/C13H6ClF3N2OS/c14-11-4-2-8(6-18-11)20-12-19-9-5-7(13(15,16)17)1-3-10(9)21-12/h1-6H. The van der Waals surface area contributed by atoms with Crippen molar-refractivity contribution in [1.29, 1.82) is 0 Å². The number of ether oxygens (including phenoxy) is 1. The number of aromatic nitrogens is 2. The third-order valence-corrected chi connectivity index (χ3v) is 3.74. The smallest absolute Gasteiger partial charge is 0.416 e. The number of hydrogen-bond donors (Lipinski definition) is 0. The molecule has 1 aromatic carbocycles. The Labute approximate surface area is 126 Å². The second-order valence-corrected chi connectivity index (χ2v) is 5.46. The number of benzene rings is 1. The van der Waals surface area contributed by atoms with Crippen molar-refractivity contribution in [3.05, 3.63) is 47.2 Å². The van der Waals surface area contributed by atoms with Gasteiger partial charge in [-0.3, -0.25) is 0 Å². The van der Waals surface area contributed by atoms with Crippen LogP contribution < -0.4 is 4.74 Å². The molecule has 3 rings (SSSR count). The monoisotopic (exact) mass is 330 g/mol. The van der Waals surface area contributed by atoms with Gasteiger partial charge in [0, 0.05) is 0 Å². The fourth-order valence-electron chi connectivity index (χ4n) is 1.65. The van der Waals surface area contributed by atoms with Crippen LogP contribution in [0.5, 0.6) is 10.9 Å². The minimum Gasteiger partial charge on any atom is -0.429 e. The first-order valence-corrected chi connectivity index (χ1v) is 6.88. The number of nitrogens with zero attached hydrogens (tertiary/aromatic N) is 2. The molecular formula is C13H6ClF3N2OS. The summed E-state index contributed by atoms with van der Waals surface area (Å²) in [5, 5.41) is 0.565. The maximum absolute atomic E-state index is 12.6. The van der Waals surface area contributed by atoms with E-state index >= 15 is 0 Å². The zero-order valence-electron chi connectivity index (χ0n) is 10.2. The zero-order valence-corrected chi connectivity index (χ0v) is 11.8. The SMILES string of the molecule is FC(F)(F)c1ccc2sc(Oc3ccc(Cl)nc3)nc2c1. The van der Waals surface area contributed by atoms with Gasteiger partial charge in [0.05, 0.1) is 22.0 Å². The van der Waals surface area contributed by atoms with Gasteiger partial charge >= 0.3 is 6.18 Å². The van der Waals surface area contributed by atoms with Crippen molar-refractivity contribution >= 4 is 33.2 Å². The van der Waals surface area contributed by atoms with E-state index in [0.717, 1.165) is 23.5 Å². The first-order chi connectivity index (χ1) is 9.91. The van der Waals surface area contributed by atoms with E-state index in [4.69, 9.17) is 16.3 Å². The molecule has 0 unspecified atom stereocenters. The molecule has 0 aliphatic carbocycles. The Morgan fingerprint density at radius 1 is 1.14 bits per heavy atom. The molecule has 0 saturated carbocycles. The lowest BCUT2D eigenvalue weighted by atomic mass is 10.2. The summed E-state index contributed by atoms with van der Waals surface area (Å²) < 4.78 is 44.0. The largest absolute Gasteiger partial charge is 0.429 e. The van der Waals surface area contributed by atoms with Crippen LogP contribution >= 0.6 is 22.9 Å². The number of thiazole rings is 1. The molecule has 0 N–H and O–H groups in total. The molecule has 0 bridgehead atoms. The van der Waals surface area contributed by atoms with Gasteiger partial charge in [0.2, 0.25) is 0 Å². The van der Waals surface area contributed by atoms with E-state index in [0.29, 0.717) is 15.6 Å². The van der Waals surface area contributed by atoms with E-state index in [1.165, 1.54) is 12.3 Å². The maximum Gasteiger partial charge on any atom is 0.416 e. The molecule has 0 atom stereocenters. The predicted molar refractivity (Wildman–Crippen MR) is 73.9 cm³/mol. The third kappa shape index (κ3) is 3.08. The van der Waals surface area contributed by atoms with Gasteiger partial charge < -0.3 is 4.74 Å². The molecule has 0 fully saturated rings. The number of rotatable bonds is 2. The summed E-state index contributed by atoms with van der Waals surface area (Å²) in [6.07, 6.45) is -2.98. The molecule has 2 heterocycles. The first-order valence-electron chi connectivity index (χ1n) is 5.69. The Morgan fingerprint density at radius 2 is 1.95 bits per heavy atom. The molecule has 0 aliphatic heterocycles. The highest BCUT2D eigenvalue weighted by Gasteiger charge is 2.30. The van der Waals surface area contributed by atoms with Crippen LogP contribution in [0.2, 0.25) is 5.15 Å². The molecule has 0 amide bonds. The van der Waals surface area contributed by atoms with E-state index in [1.54, 1.807) is 12.1 Å². The van der Waals surface area contributed by atoms with Crippen LogP contribution in [0.25, 0.3) is 10.2 Å². The van der Waals surface area contributed by atoms with Gasteiger partial charge in [0.25, 0.3) is 5.19 Å². The number of hydrogen-bond acceptors (Lipinski definition) is 4. The van der Waals surface area contributed by atoms with Gasteiger partial charge in [-0.05, 0) is 30.3 Å². The van der Waals surface area contributed by atoms with Crippen LogP contribution in [0.4, 0.5) is 13.2 Å². The van der Waals surface area contributed by atoms with Gasteiger partial charge in [-0.25, -0.2) is 9.97 Å². The first kappa shape index (κ1) is 14.1. The Hall–Kier alpha value is -1.86. The number of fused-ring (bicyclic) bond motifs is 1. The summed E-state index contributed by atoms with van der Waals surface area (Å²) in [5.41, 5.74) is -0.494. The normalized spacial score (nSPS) is 11.8. The molecule has 0 radical (unpaired) electrons. The number of halogens is 4. The molecule has 0 saturated heterocycles. The van der Waals surface area contributed by atoms with Crippen molar-refractivity contribution in [1.82, 2.24) is 9.97 Å². The van der Waals surface area contributed by atoms with Crippen molar-refractivity contribution < 1.29 is 17.9 Å². The minimum atomic E-state index is -4.39. The molecule has 8 heteroatoms. The summed E-state index contributed by atoms with van der Waals surface area (Å²) in [5.74, 6) is 0.412. The van der Waals surface area contributed by atoms with Crippen LogP contribution in [-0.4, -0.2) is 9.97 Å². The molecular weight excluding hydrogens is 325 g/mol. The van der Waals surface area contributed by atoms with Crippen molar-refractivity contribution in [2.24, 2.45) is 0 Å². The average Bonchev–Trinajstić information content (AvgIpc) is 2.81. The Kier molecular flexibility index (Phi) is 3.46. The highest BCUT2D eigenvalue weighted by atomic mass is 35.5. The van der Waals surface area contributed by atoms with Gasteiger partial charge in [-0.1, -0.05) is 22.9 Å². The van der Waals surface area contributed by atoms with Crippen LogP contribution in [0.15, 0.2) is 36.5 Å². The molecule has 0 spiro atoms. The molecule has 2 aromatic heterocycles. The summed E-state index contributed by atoms with van der Waals surface area (Å²) in [6.45, 7) is 0. The lowest BCUT2D eigenvalue weighted by molar-refractivity contribution is -0.137. The fourth-order valence-corrected chi connectivity index (χ4v) is 2.58. The van der Waals surface area contributed by atoms with E-state index in [-0.39, 0.29) is 10.7 Å². The minimum absolute atomic E-state index is 0.242. The van der Waals surface area contributed by atoms with E-state index < -0.39 is 11.7 Å². The second kappa shape index (κ2) is 5.16. The van der Waals surface area contributed by atoms with Crippen LogP contribution in [0, 0.1) is 0 Å². The second-order valence-electron chi connectivity index (χ2n) is 4.08. The van der Waals surface area contributed by atoms with E-state index in [1.807, 2.05) is 0 Å². The highest BCUT2D eigenvalue weighted by Crippen LogP contribution is 2.35. The average molecular weight is 331 g/mol. The zero-order chi connectivity index (χ0) is 15.0. The lowest BCUT2D eigenvalue weighted by Crippen LogP contribution is -2.03. The highest BCUT2D eigenvalue weighted by molar-refractivity contribution is 7.20. The van der Waals surface area contributed by atoms with Gasteiger partial charge in [-0.15, -0.1) is 0 Å². The van der Waals surface area contributed by atoms with Crippen LogP contribution in [0.3, 0.4) is 0 Å². The fraction of sp³-hybridized carbons (Fsp3) is 0.0769. The number of pyridine rings is 1. The van der Waals surface area contributed by atoms with Gasteiger partial charge in [-0.2, -0.15) is 13.2 Å². The molecule has 3 aromatic rings. The summed E-state index contributed by atoms with van der Waals surface area (Å²) in [6, 6.07) is 6.55. The Morgan fingerprint density at radius 3 is 2.62 bits per heavy atom. The topological polar surface area (TPSA) is 35.0 Å². The van der Waals surface area contributed by atoms with Crippen LogP contribution in [-0.2, 0) is 6.18 Å². The summed E-state index contributed by atoms with van der Waals surface area (Å²) in [4.78, 5) is 7.88. The summed E-state index contributed by atoms with van der Waals surface area (Å²) in [7, 11) is 0. The van der Waals surface area contributed by atoms with E-state index in [2.05, 4.69) is 9.97 Å². The van der Waals surface area contributed by atoms with E-state index in [9.17, 15) is 13.2 Å².